The minimum absolute atomic E-state index is 0.0471. The average Bonchev–Trinajstić information content (AvgIpc) is 2.79. The van der Waals surface area contributed by atoms with Gasteiger partial charge in [0.2, 0.25) is 5.91 Å². The van der Waals surface area contributed by atoms with Crippen LogP contribution in [0.3, 0.4) is 0 Å². The molecule has 0 radical (unpaired) electrons. The number of rotatable bonds is 3. The molecular weight excluding hydrogens is 354 g/mol. The second kappa shape index (κ2) is 7.50. The molecule has 1 saturated heterocycles. The molecule has 1 fully saturated rings. The van der Waals surface area contributed by atoms with Gasteiger partial charge >= 0.3 is 0 Å². The number of thiophene rings is 1. The number of hydrogen-bond donors (Lipinski definition) is 1. The minimum atomic E-state index is -0.0471. The lowest BCUT2D eigenvalue weighted by Gasteiger charge is -2.19. The number of thioether (sulfide) groups is 1. The standard InChI is InChI=1S/C18H23N3O2S2/c22-14(21-9-5-1-2-6-10-21)11-24-18-19-16(23)15-12-7-3-4-8-13(12)25-17(15)20-18/h1-11H2,(H,19,20,23). The predicted molar refractivity (Wildman–Crippen MR) is 103 cm³/mol. The number of H-pyrrole nitrogens is 1. The summed E-state index contributed by atoms with van der Waals surface area (Å²) >= 11 is 3.01. The molecule has 25 heavy (non-hydrogen) atoms. The first kappa shape index (κ1) is 17.1. The zero-order valence-electron chi connectivity index (χ0n) is 14.3. The number of aromatic amines is 1. The van der Waals surface area contributed by atoms with Crippen LogP contribution in [0, 0.1) is 0 Å². The summed E-state index contributed by atoms with van der Waals surface area (Å²) in [7, 11) is 0. The van der Waals surface area contributed by atoms with E-state index in [-0.39, 0.29) is 11.5 Å². The van der Waals surface area contributed by atoms with Crippen molar-refractivity contribution in [2.45, 2.75) is 56.5 Å². The molecule has 0 bridgehead atoms. The number of aromatic nitrogens is 2. The summed E-state index contributed by atoms with van der Waals surface area (Å²) < 4.78 is 0. The minimum Gasteiger partial charge on any atom is -0.342 e. The number of amides is 1. The fourth-order valence-electron chi connectivity index (χ4n) is 3.75. The molecule has 0 aromatic carbocycles. The zero-order chi connectivity index (χ0) is 17.2. The van der Waals surface area contributed by atoms with Crippen molar-refractivity contribution in [1.82, 2.24) is 14.9 Å². The Balaban J connectivity index is 1.50. The molecule has 0 atom stereocenters. The summed E-state index contributed by atoms with van der Waals surface area (Å²) in [6.45, 7) is 1.72. The van der Waals surface area contributed by atoms with Gasteiger partial charge in [0.15, 0.2) is 5.16 Å². The maximum atomic E-state index is 12.5. The van der Waals surface area contributed by atoms with E-state index in [4.69, 9.17) is 0 Å². The van der Waals surface area contributed by atoms with Gasteiger partial charge in [-0.15, -0.1) is 11.3 Å². The van der Waals surface area contributed by atoms with E-state index in [1.54, 1.807) is 11.3 Å². The Morgan fingerprint density at radius 1 is 1.12 bits per heavy atom. The van der Waals surface area contributed by atoms with Crippen molar-refractivity contribution in [3.05, 3.63) is 20.8 Å². The molecule has 3 heterocycles. The van der Waals surface area contributed by atoms with Gasteiger partial charge in [-0.25, -0.2) is 4.98 Å². The maximum absolute atomic E-state index is 12.5. The highest BCUT2D eigenvalue weighted by Gasteiger charge is 2.21. The van der Waals surface area contributed by atoms with Crippen molar-refractivity contribution >= 4 is 39.2 Å². The molecule has 2 aliphatic rings. The molecular formula is C18H23N3O2S2. The van der Waals surface area contributed by atoms with Crippen molar-refractivity contribution in [3.63, 3.8) is 0 Å². The van der Waals surface area contributed by atoms with Crippen LogP contribution in [-0.4, -0.2) is 39.6 Å². The lowest BCUT2D eigenvalue weighted by Crippen LogP contribution is -2.33. The van der Waals surface area contributed by atoms with Gasteiger partial charge in [-0.05, 0) is 44.1 Å². The van der Waals surface area contributed by atoms with Gasteiger partial charge in [0, 0.05) is 18.0 Å². The first-order chi connectivity index (χ1) is 12.2. The SMILES string of the molecule is O=C(CSc1nc2sc3c(c2c(=O)[nH]1)CCCC3)N1CCCCCC1. The van der Waals surface area contributed by atoms with E-state index in [1.165, 1.54) is 41.5 Å². The summed E-state index contributed by atoms with van der Waals surface area (Å²) in [4.78, 5) is 36.6. The van der Waals surface area contributed by atoms with Crippen molar-refractivity contribution in [3.8, 4) is 0 Å². The van der Waals surface area contributed by atoms with E-state index >= 15 is 0 Å². The van der Waals surface area contributed by atoms with Gasteiger partial charge in [-0.2, -0.15) is 0 Å². The Kier molecular flexibility index (Phi) is 5.12. The Morgan fingerprint density at radius 2 is 1.88 bits per heavy atom. The van der Waals surface area contributed by atoms with Crippen LogP contribution >= 0.6 is 23.1 Å². The molecule has 1 amide bonds. The van der Waals surface area contributed by atoms with Crippen molar-refractivity contribution in [1.29, 1.82) is 0 Å². The third kappa shape index (κ3) is 3.62. The van der Waals surface area contributed by atoms with Crippen LogP contribution in [0.5, 0.6) is 0 Å². The monoisotopic (exact) mass is 377 g/mol. The molecule has 2 aromatic rings. The maximum Gasteiger partial charge on any atom is 0.260 e. The largest absolute Gasteiger partial charge is 0.342 e. The fraction of sp³-hybridized carbons (Fsp3) is 0.611. The highest BCUT2D eigenvalue weighted by Crippen LogP contribution is 2.34. The van der Waals surface area contributed by atoms with Gasteiger partial charge in [0.05, 0.1) is 11.1 Å². The quantitative estimate of drug-likeness (QED) is 0.658. The summed E-state index contributed by atoms with van der Waals surface area (Å²) in [5.41, 5.74) is 1.16. The molecule has 0 saturated carbocycles. The van der Waals surface area contributed by atoms with E-state index in [9.17, 15) is 9.59 Å². The van der Waals surface area contributed by atoms with E-state index in [2.05, 4.69) is 9.97 Å². The van der Waals surface area contributed by atoms with Crippen LogP contribution in [0.2, 0.25) is 0 Å². The van der Waals surface area contributed by atoms with Gasteiger partial charge < -0.3 is 9.88 Å². The number of carbonyl (C=O) groups is 1. The van der Waals surface area contributed by atoms with Crippen molar-refractivity contribution < 1.29 is 4.79 Å². The van der Waals surface area contributed by atoms with Gasteiger partial charge in [0.1, 0.15) is 4.83 Å². The van der Waals surface area contributed by atoms with Gasteiger partial charge in [-0.3, -0.25) is 9.59 Å². The second-order valence-electron chi connectivity index (χ2n) is 6.85. The topological polar surface area (TPSA) is 66.1 Å². The Morgan fingerprint density at radius 3 is 2.68 bits per heavy atom. The van der Waals surface area contributed by atoms with Crippen LogP contribution in [0.25, 0.3) is 10.2 Å². The van der Waals surface area contributed by atoms with Gasteiger partial charge in [0.25, 0.3) is 5.56 Å². The molecule has 0 unspecified atom stereocenters. The van der Waals surface area contributed by atoms with E-state index in [1.807, 2.05) is 4.90 Å². The number of carbonyl (C=O) groups excluding carboxylic acids is 1. The Hall–Kier alpha value is -1.34. The Bertz CT molecular complexity index is 835. The summed E-state index contributed by atoms with van der Waals surface area (Å²) in [5, 5.41) is 1.35. The third-order valence-electron chi connectivity index (χ3n) is 5.09. The molecule has 5 nitrogen and oxygen atoms in total. The van der Waals surface area contributed by atoms with Crippen LogP contribution < -0.4 is 5.56 Å². The predicted octanol–water partition coefficient (Wildman–Crippen LogP) is 3.36. The van der Waals surface area contributed by atoms with Crippen LogP contribution in [0.4, 0.5) is 0 Å². The number of nitrogens with zero attached hydrogens (tertiary/aromatic N) is 2. The molecule has 134 valence electrons. The van der Waals surface area contributed by atoms with Crippen molar-refractivity contribution in [2.24, 2.45) is 0 Å². The lowest BCUT2D eigenvalue weighted by atomic mass is 9.97. The molecule has 2 aromatic heterocycles. The first-order valence-electron chi connectivity index (χ1n) is 9.17. The second-order valence-corrected chi connectivity index (χ2v) is 8.89. The van der Waals surface area contributed by atoms with E-state index < -0.39 is 0 Å². The molecule has 4 rings (SSSR count). The highest BCUT2D eigenvalue weighted by atomic mass is 32.2. The normalized spacial score (nSPS) is 18.2. The fourth-order valence-corrected chi connectivity index (χ4v) is 5.84. The molecule has 1 N–H and O–H groups in total. The molecule has 1 aliphatic carbocycles. The highest BCUT2D eigenvalue weighted by molar-refractivity contribution is 7.99. The molecule has 1 aliphatic heterocycles. The average molecular weight is 378 g/mol. The third-order valence-corrected chi connectivity index (χ3v) is 7.14. The molecule has 0 spiro atoms. The molecule has 7 heteroatoms. The lowest BCUT2D eigenvalue weighted by molar-refractivity contribution is -0.128. The summed E-state index contributed by atoms with van der Waals surface area (Å²) in [5.74, 6) is 0.500. The summed E-state index contributed by atoms with van der Waals surface area (Å²) in [6.07, 6.45) is 9.02. The number of aryl methyl sites for hydroxylation is 2. The van der Waals surface area contributed by atoms with Crippen LogP contribution in [-0.2, 0) is 17.6 Å². The first-order valence-corrected chi connectivity index (χ1v) is 11.0. The number of fused-ring (bicyclic) bond motifs is 3. The van der Waals surface area contributed by atoms with Crippen LogP contribution in [0.15, 0.2) is 9.95 Å². The zero-order valence-corrected chi connectivity index (χ0v) is 15.9. The number of likely N-dealkylation sites (tertiary alicyclic amines) is 1. The van der Waals surface area contributed by atoms with E-state index in [0.29, 0.717) is 10.9 Å². The number of hydrogen-bond acceptors (Lipinski definition) is 5. The van der Waals surface area contributed by atoms with Crippen LogP contribution in [0.1, 0.15) is 49.0 Å². The van der Waals surface area contributed by atoms with Gasteiger partial charge in [-0.1, -0.05) is 24.6 Å². The Labute approximate surface area is 155 Å². The summed E-state index contributed by atoms with van der Waals surface area (Å²) in [6, 6.07) is 0. The smallest absolute Gasteiger partial charge is 0.260 e. The number of nitrogens with one attached hydrogen (secondary N) is 1. The van der Waals surface area contributed by atoms with E-state index in [0.717, 1.165) is 55.4 Å². The van der Waals surface area contributed by atoms with Crippen molar-refractivity contribution in [2.75, 3.05) is 18.8 Å².